The maximum absolute atomic E-state index is 12.8. The number of ether oxygens (including phenoxy) is 1. The van der Waals surface area contributed by atoms with E-state index in [0.29, 0.717) is 30.3 Å². The molecule has 3 rings (SSSR count). The number of hydrogen-bond donors (Lipinski definition) is 1. The highest BCUT2D eigenvalue weighted by molar-refractivity contribution is 9.10. The van der Waals surface area contributed by atoms with Crippen molar-refractivity contribution < 1.29 is 14.3 Å². The Kier molecular flexibility index (Phi) is 5.56. The van der Waals surface area contributed by atoms with Crippen LogP contribution in [0.25, 0.3) is 0 Å². The van der Waals surface area contributed by atoms with Gasteiger partial charge in [0.2, 0.25) is 11.8 Å². The van der Waals surface area contributed by atoms with Gasteiger partial charge in [0.05, 0.1) is 18.7 Å². The molecule has 0 saturated carbocycles. The van der Waals surface area contributed by atoms with E-state index in [-0.39, 0.29) is 18.2 Å². The summed E-state index contributed by atoms with van der Waals surface area (Å²) in [7, 11) is 0. The number of rotatable bonds is 3. The molecule has 0 radical (unpaired) electrons. The van der Waals surface area contributed by atoms with E-state index >= 15 is 0 Å². The van der Waals surface area contributed by atoms with Crippen molar-refractivity contribution in [2.75, 3.05) is 23.4 Å². The lowest BCUT2D eigenvalue weighted by Gasteiger charge is -2.34. The summed E-state index contributed by atoms with van der Waals surface area (Å²) in [6.45, 7) is 6.65. The van der Waals surface area contributed by atoms with Crippen LogP contribution in [0.4, 0.5) is 11.4 Å². The van der Waals surface area contributed by atoms with E-state index in [1.165, 1.54) is 0 Å². The quantitative estimate of drug-likeness (QED) is 0.784. The van der Waals surface area contributed by atoms with Gasteiger partial charge in [-0.25, -0.2) is 0 Å². The van der Waals surface area contributed by atoms with Crippen molar-refractivity contribution in [3.8, 4) is 5.75 Å². The van der Waals surface area contributed by atoms with Crippen molar-refractivity contribution in [3.05, 3.63) is 52.5 Å². The Hall–Kier alpha value is -2.34. The van der Waals surface area contributed by atoms with Gasteiger partial charge in [-0.05, 0) is 35.9 Å². The van der Waals surface area contributed by atoms with E-state index in [2.05, 4.69) is 21.2 Å². The van der Waals surface area contributed by atoms with Crippen molar-refractivity contribution in [3.63, 3.8) is 0 Å². The number of nitrogens with zero attached hydrogens (tertiary/aromatic N) is 1. The van der Waals surface area contributed by atoms with E-state index in [1.807, 2.05) is 45.0 Å². The third kappa shape index (κ3) is 4.69. The molecule has 0 aromatic heterocycles. The third-order valence-electron chi connectivity index (χ3n) is 4.25. The maximum Gasteiger partial charge on any atom is 0.232 e. The molecule has 0 aliphatic carbocycles. The number of amides is 2. The standard InChI is InChI=1S/C21H23BrN2O3/c1-21(2,3)20(26)24-9-10-27-18-8-7-16(13-17(18)24)23-19(25)12-14-5-4-6-15(22)11-14/h4-8,11,13H,9-10,12H2,1-3H3,(H,23,25). The molecular formula is C21H23BrN2O3. The highest BCUT2D eigenvalue weighted by atomic mass is 79.9. The lowest BCUT2D eigenvalue weighted by molar-refractivity contribution is -0.126. The molecule has 2 aromatic carbocycles. The van der Waals surface area contributed by atoms with Crippen LogP contribution in [-0.2, 0) is 16.0 Å². The van der Waals surface area contributed by atoms with Gasteiger partial charge in [0.15, 0.2) is 0 Å². The lowest BCUT2D eigenvalue weighted by atomic mass is 9.94. The number of fused-ring (bicyclic) bond motifs is 1. The summed E-state index contributed by atoms with van der Waals surface area (Å²) in [5.74, 6) is 0.576. The predicted octanol–water partition coefficient (Wildman–Crippen LogP) is 4.40. The van der Waals surface area contributed by atoms with Gasteiger partial charge in [-0.2, -0.15) is 0 Å². The summed E-state index contributed by atoms with van der Waals surface area (Å²) in [5, 5.41) is 2.91. The van der Waals surface area contributed by atoms with Crippen LogP contribution in [0.15, 0.2) is 46.9 Å². The van der Waals surface area contributed by atoms with Crippen molar-refractivity contribution >= 4 is 39.1 Å². The minimum atomic E-state index is -0.492. The molecule has 6 heteroatoms. The number of carbonyl (C=O) groups is 2. The van der Waals surface area contributed by atoms with Crippen LogP contribution in [0.5, 0.6) is 5.75 Å². The zero-order chi connectivity index (χ0) is 19.6. The Morgan fingerprint density at radius 3 is 2.67 bits per heavy atom. The first-order valence-electron chi connectivity index (χ1n) is 8.87. The Labute approximate surface area is 167 Å². The third-order valence-corrected chi connectivity index (χ3v) is 4.74. The summed E-state index contributed by atoms with van der Waals surface area (Å²) in [4.78, 5) is 26.9. The number of anilines is 2. The minimum Gasteiger partial charge on any atom is -0.490 e. The fourth-order valence-electron chi connectivity index (χ4n) is 2.95. The maximum atomic E-state index is 12.8. The molecule has 0 saturated heterocycles. The van der Waals surface area contributed by atoms with Crippen molar-refractivity contribution in [1.29, 1.82) is 0 Å². The van der Waals surface area contributed by atoms with Crippen LogP contribution < -0.4 is 15.0 Å². The van der Waals surface area contributed by atoms with Gasteiger partial charge in [-0.15, -0.1) is 0 Å². The van der Waals surface area contributed by atoms with E-state index < -0.39 is 5.41 Å². The number of carbonyl (C=O) groups excluding carboxylic acids is 2. The van der Waals surface area contributed by atoms with E-state index in [9.17, 15) is 9.59 Å². The first-order valence-corrected chi connectivity index (χ1v) is 9.66. The van der Waals surface area contributed by atoms with Gasteiger partial charge < -0.3 is 15.0 Å². The van der Waals surface area contributed by atoms with Gasteiger partial charge in [0.25, 0.3) is 0 Å². The largest absolute Gasteiger partial charge is 0.490 e. The fourth-order valence-corrected chi connectivity index (χ4v) is 3.40. The molecule has 142 valence electrons. The molecule has 0 spiro atoms. The predicted molar refractivity (Wildman–Crippen MR) is 110 cm³/mol. The van der Waals surface area contributed by atoms with E-state index in [0.717, 1.165) is 10.0 Å². The molecule has 2 aromatic rings. The van der Waals surface area contributed by atoms with Crippen LogP contribution in [-0.4, -0.2) is 25.0 Å². The average molecular weight is 431 g/mol. The van der Waals surface area contributed by atoms with Crippen LogP contribution in [0.2, 0.25) is 0 Å². The molecule has 0 fully saturated rings. The topological polar surface area (TPSA) is 58.6 Å². The molecule has 0 atom stereocenters. The molecule has 27 heavy (non-hydrogen) atoms. The molecular weight excluding hydrogens is 408 g/mol. The zero-order valence-corrected chi connectivity index (χ0v) is 17.3. The van der Waals surface area contributed by atoms with Gasteiger partial charge in [-0.1, -0.05) is 48.8 Å². The molecule has 0 unspecified atom stereocenters. The Morgan fingerprint density at radius 2 is 1.96 bits per heavy atom. The van der Waals surface area contributed by atoms with Crippen LogP contribution in [0.3, 0.4) is 0 Å². The molecule has 5 nitrogen and oxygen atoms in total. The van der Waals surface area contributed by atoms with Gasteiger partial charge >= 0.3 is 0 Å². The molecule has 2 amide bonds. The van der Waals surface area contributed by atoms with Crippen molar-refractivity contribution in [2.24, 2.45) is 5.41 Å². The highest BCUT2D eigenvalue weighted by Gasteiger charge is 2.32. The average Bonchev–Trinajstić information content (AvgIpc) is 2.59. The Balaban J connectivity index is 1.78. The first-order chi connectivity index (χ1) is 12.7. The zero-order valence-electron chi connectivity index (χ0n) is 15.7. The van der Waals surface area contributed by atoms with Gasteiger partial charge in [0, 0.05) is 15.6 Å². The summed E-state index contributed by atoms with van der Waals surface area (Å²) >= 11 is 3.41. The SMILES string of the molecule is CC(C)(C)C(=O)N1CCOc2ccc(NC(=O)Cc3cccc(Br)c3)cc21. The second-order valence-corrected chi connectivity index (χ2v) is 8.51. The summed E-state index contributed by atoms with van der Waals surface area (Å²) in [6.07, 6.45) is 0.275. The minimum absolute atomic E-state index is 0.0321. The van der Waals surface area contributed by atoms with E-state index in [1.54, 1.807) is 23.1 Å². The second kappa shape index (κ2) is 7.72. The van der Waals surface area contributed by atoms with Crippen molar-refractivity contribution in [1.82, 2.24) is 0 Å². The number of halogens is 1. The van der Waals surface area contributed by atoms with Gasteiger partial charge in [0.1, 0.15) is 12.4 Å². The summed E-state index contributed by atoms with van der Waals surface area (Å²) in [5.41, 5.74) is 1.77. The lowest BCUT2D eigenvalue weighted by Crippen LogP contribution is -2.44. The Morgan fingerprint density at radius 1 is 1.19 bits per heavy atom. The van der Waals surface area contributed by atoms with Crippen LogP contribution >= 0.6 is 15.9 Å². The normalized spacial score (nSPS) is 13.6. The van der Waals surface area contributed by atoms with Gasteiger partial charge in [-0.3, -0.25) is 9.59 Å². The number of benzene rings is 2. The number of nitrogens with one attached hydrogen (secondary N) is 1. The second-order valence-electron chi connectivity index (χ2n) is 7.59. The molecule has 1 aliphatic heterocycles. The summed E-state index contributed by atoms with van der Waals surface area (Å²) in [6, 6.07) is 13.1. The fraction of sp³-hybridized carbons (Fsp3) is 0.333. The summed E-state index contributed by atoms with van der Waals surface area (Å²) < 4.78 is 6.61. The highest BCUT2D eigenvalue weighted by Crippen LogP contribution is 2.36. The van der Waals surface area contributed by atoms with Crippen molar-refractivity contribution in [2.45, 2.75) is 27.2 Å². The monoisotopic (exact) mass is 430 g/mol. The Bertz CT molecular complexity index is 874. The first kappa shape index (κ1) is 19.4. The molecule has 1 N–H and O–H groups in total. The molecule has 1 heterocycles. The van der Waals surface area contributed by atoms with Crippen LogP contribution in [0, 0.1) is 5.41 Å². The molecule has 0 bridgehead atoms. The van der Waals surface area contributed by atoms with Crippen LogP contribution in [0.1, 0.15) is 26.3 Å². The smallest absolute Gasteiger partial charge is 0.232 e. The number of hydrogen-bond acceptors (Lipinski definition) is 3. The molecule has 1 aliphatic rings. The van der Waals surface area contributed by atoms with E-state index in [4.69, 9.17) is 4.74 Å².